The monoisotopic (exact) mass is 549 g/mol. The zero-order chi connectivity index (χ0) is 27.2. The molecule has 4 heterocycles. The van der Waals surface area contributed by atoms with Gasteiger partial charge in [0.1, 0.15) is 11.5 Å². The van der Waals surface area contributed by atoms with E-state index in [0.29, 0.717) is 31.5 Å². The summed E-state index contributed by atoms with van der Waals surface area (Å²) in [6.45, 7) is 2.74. The summed E-state index contributed by atoms with van der Waals surface area (Å²) in [5.41, 5.74) is 1.84. The Hall–Kier alpha value is -3.77. The fourth-order valence-corrected chi connectivity index (χ4v) is 7.27. The molecule has 2 aliphatic rings. The third-order valence-corrected chi connectivity index (χ3v) is 9.54. The standard InChI is InChI=1S/C27H28FN7O3S/c1-2-12-34-30-17-25(32-34)39(37,38)33-13-10-20-14-24-19(16-31-35(24)22-8-6-21(28)7-9-22)15-27(20,18-33)26(36)23-5-3-4-11-29-23/h3-9,11,16-17,20H,2,10,12-15,18H2,1H3/t20-,27-/m0/s1. The second-order valence-electron chi connectivity index (χ2n) is 10.2. The Morgan fingerprint density at radius 2 is 1.95 bits per heavy atom. The van der Waals surface area contributed by atoms with Crippen LogP contribution in [0.25, 0.3) is 5.69 Å². The van der Waals surface area contributed by atoms with Gasteiger partial charge in [0.05, 0.1) is 30.0 Å². The molecule has 0 N–H and O–H groups in total. The van der Waals surface area contributed by atoms with Crippen LogP contribution in [0.2, 0.25) is 0 Å². The molecule has 10 nitrogen and oxygen atoms in total. The van der Waals surface area contributed by atoms with Crippen molar-refractivity contribution in [1.29, 1.82) is 0 Å². The number of hydrogen-bond donors (Lipinski definition) is 0. The molecule has 12 heteroatoms. The molecule has 39 heavy (non-hydrogen) atoms. The highest BCUT2D eigenvalue weighted by atomic mass is 32.2. The number of benzene rings is 1. The van der Waals surface area contributed by atoms with Crippen LogP contribution in [-0.2, 0) is 29.4 Å². The molecule has 0 saturated carbocycles. The molecule has 1 aliphatic heterocycles. The topological polar surface area (TPSA) is 116 Å². The highest BCUT2D eigenvalue weighted by Gasteiger charge is 2.55. The number of piperidine rings is 1. The average molecular weight is 550 g/mol. The van der Waals surface area contributed by atoms with Crippen molar-refractivity contribution in [3.63, 3.8) is 0 Å². The SMILES string of the molecule is CCCn1ncc(S(=O)(=O)N2CC[C@H]3Cc4c(cnn4-c4ccc(F)cc4)C[C@]3(C(=O)c3ccccn3)C2)n1. The Bertz CT molecular complexity index is 1620. The molecule has 2 atom stereocenters. The summed E-state index contributed by atoms with van der Waals surface area (Å²) >= 11 is 0. The Balaban J connectivity index is 1.40. The Labute approximate surface area is 225 Å². The average Bonchev–Trinajstić information content (AvgIpc) is 3.59. The van der Waals surface area contributed by atoms with Crippen molar-refractivity contribution in [1.82, 2.24) is 34.1 Å². The first-order valence-corrected chi connectivity index (χ1v) is 14.4. The molecule has 1 aromatic carbocycles. The highest BCUT2D eigenvalue weighted by Crippen LogP contribution is 2.48. The molecule has 0 spiro atoms. The summed E-state index contributed by atoms with van der Waals surface area (Å²) < 4.78 is 44.1. The van der Waals surface area contributed by atoms with Gasteiger partial charge >= 0.3 is 0 Å². The van der Waals surface area contributed by atoms with Gasteiger partial charge in [-0.2, -0.15) is 19.3 Å². The molecule has 202 valence electrons. The fraction of sp³-hybridized carbons (Fsp3) is 0.370. The number of aryl methyl sites for hydroxylation is 1. The van der Waals surface area contributed by atoms with Crippen LogP contribution in [0.5, 0.6) is 0 Å². The van der Waals surface area contributed by atoms with E-state index in [4.69, 9.17) is 0 Å². The van der Waals surface area contributed by atoms with Crippen LogP contribution in [-0.4, -0.2) is 61.4 Å². The first-order chi connectivity index (χ1) is 18.8. The molecular formula is C27H28FN7O3S. The number of carbonyl (C=O) groups is 1. The van der Waals surface area contributed by atoms with E-state index in [-0.39, 0.29) is 35.6 Å². The van der Waals surface area contributed by atoms with E-state index in [1.165, 1.54) is 27.4 Å². The second-order valence-corrected chi connectivity index (χ2v) is 12.1. The number of sulfonamides is 1. The first-order valence-electron chi connectivity index (χ1n) is 13.0. The number of pyridine rings is 1. The zero-order valence-corrected chi connectivity index (χ0v) is 22.3. The quantitative estimate of drug-likeness (QED) is 0.325. The van der Waals surface area contributed by atoms with Crippen LogP contribution in [0, 0.1) is 17.2 Å². The van der Waals surface area contributed by atoms with Gasteiger partial charge in [0, 0.05) is 25.0 Å². The molecule has 1 aliphatic carbocycles. The maximum Gasteiger partial charge on any atom is 0.264 e. The van der Waals surface area contributed by atoms with Crippen molar-refractivity contribution in [2.45, 2.75) is 44.2 Å². The van der Waals surface area contributed by atoms with Gasteiger partial charge in [-0.1, -0.05) is 13.0 Å². The molecule has 0 radical (unpaired) electrons. The molecule has 1 saturated heterocycles. The lowest BCUT2D eigenvalue weighted by Gasteiger charge is -2.48. The molecule has 6 rings (SSSR count). The van der Waals surface area contributed by atoms with Crippen molar-refractivity contribution < 1.29 is 17.6 Å². The minimum absolute atomic E-state index is 0.0111. The summed E-state index contributed by atoms with van der Waals surface area (Å²) in [5, 5.41) is 12.8. The third-order valence-electron chi connectivity index (χ3n) is 7.83. The number of ketones is 1. The maximum absolute atomic E-state index is 14.2. The minimum atomic E-state index is -3.97. The predicted octanol–water partition coefficient (Wildman–Crippen LogP) is 3.09. The number of carbonyl (C=O) groups excluding carboxylic acids is 1. The van der Waals surface area contributed by atoms with Crippen LogP contribution in [0.4, 0.5) is 4.39 Å². The van der Waals surface area contributed by atoms with Gasteiger partial charge in [0.15, 0.2) is 5.78 Å². The van der Waals surface area contributed by atoms with Gasteiger partial charge in [-0.05, 0) is 73.6 Å². The summed E-state index contributed by atoms with van der Waals surface area (Å²) in [6.07, 6.45) is 6.68. The number of fused-ring (bicyclic) bond motifs is 2. The van der Waals surface area contributed by atoms with Crippen LogP contribution in [0.3, 0.4) is 0 Å². The maximum atomic E-state index is 14.2. The number of halogens is 1. The molecule has 3 aromatic heterocycles. The smallest absolute Gasteiger partial charge is 0.264 e. The van der Waals surface area contributed by atoms with Gasteiger partial charge in [0.25, 0.3) is 10.0 Å². The molecule has 0 bridgehead atoms. The molecule has 0 unspecified atom stereocenters. The lowest BCUT2D eigenvalue weighted by atomic mass is 9.60. The van der Waals surface area contributed by atoms with E-state index in [2.05, 4.69) is 20.3 Å². The van der Waals surface area contributed by atoms with Crippen molar-refractivity contribution in [2.75, 3.05) is 13.1 Å². The number of hydrogen-bond acceptors (Lipinski definition) is 7. The van der Waals surface area contributed by atoms with Crippen LogP contribution < -0.4 is 0 Å². The molecule has 0 amide bonds. The highest BCUT2D eigenvalue weighted by molar-refractivity contribution is 7.89. The predicted molar refractivity (Wildman–Crippen MR) is 139 cm³/mol. The third kappa shape index (κ3) is 4.37. The first kappa shape index (κ1) is 25.5. The summed E-state index contributed by atoms with van der Waals surface area (Å²) in [6, 6.07) is 11.3. The molecule has 1 fully saturated rings. The normalized spacial score (nSPS) is 21.3. The van der Waals surface area contributed by atoms with Crippen molar-refractivity contribution in [3.05, 3.63) is 83.8 Å². The van der Waals surface area contributed by atoms with E-state index >= 15 is 0 Å². The van der Waals surface area contributed by atoms with Gasteiger partial charge in [-0.25, -0.2) is 17.5 Å². The van der Waals surface area contributed by atoms with E-state index in [0.717, 1.165) is 23.4 Å². The van der Waals surface area contributed by atoms with Gasteiger partial charge in [-0.3, -0.25) is 9.78 Å². The lowest BCUT2D eigenvalue weighted by Crippen LogP contribution is -2.57. The van der Waals surface area contributed by atoms with Crippen molar-refractivity contribution in [3.8, 4) is 5.69 Å². The number of Topliss-reactive ketones (excluding diaryl/α,β-unsaturated/α-hetero) is 1. The number of rotatable bonds is 7. The van der Waals surface area contributed by atoms with E-state index in [1.54, 1.807) is 47.4 Å². The van der Waals surface area contributed by atoms with E-state index in [1.807, 2.05) is 6.92 Å². The Morgan fingerprint density at radius 3 is 2.69 bits per heavy atom. The lowest BCUT2D eigenvalue weighted by molar-refractivity contribution is 0.0394. The van der Waals surface area contributed by atoms with Crippen molar-refractivity contribution >= 4 is 15.8 Å². The second kappa shape index (κ2) is 9.76. The van der Waals surface area contributed by atoms with Crippen LogP contribution >= 0.6 is 0 Å². The largest absolute Gasteiger partial charge is 0.292 e. The van der Waals surface area contributed by atoms with Gasteiger partial charge in [0.2, 0.25) is 5.03 Å². The van der Waals surface area contributed by atoms with E-state index in [9.17, 15) is 17.6 Å². The van der Waals surface area contributed by atoms with Gasteiger partial charge < -0.3 is 0 Å². The van der Waals surface area contributed by atoms with Crippen LogP contribution in [0.15, 0.2) is 66.1 Å². The summed E-state index contributed by atoms with van der Waals surface area (Å²) in [5.74, 6) is -0.650. The van der Waals surface area contributed by atoms with Gasteiger partial charge in [-0.15, -0.1) is 5.10 Å². The van der Waals surface area contributed by atoms with E-state index < -0.39 is 15.4 Å². The Morgan fingerprint density at radius 1 is 1.13 bits per heavy atom. The summed E-state index contributed by atoms with van der Waals surface area (Å²) in [7, 11) is -3.97. The molecule has 4 aromatic rings. The fourth-order valence-electron chi connectivity index (χ4n) is 5.88. The minimum Gasteiger partial charge on any atom is -0.292 e. The molecular weight excluding hydrogens is 521 g/mol. The number of aromatic nitrogens is 6. The number of nitrogens with zero attached hydrogens (tertiary/aromatic N) is 7. The Kier molecular flexibility index (Phi) is 6.38. The van der Waals surface area contributed by atoms with Crippen LogP contribution in [0.1, 0.15) is 41.5 Å². The summed E-state index contributed by atoms with van der Waals surface area (Å²) in [4.78, 5) is 19.9. The zero-order valence-electron chi connectivity index (χ0n) is 21.4. The van der Waals surface area contributed by atoms with Crippen molar-refractivity contribution in [2.24, 2.45) is 11.3 Å².